The van der Waals surface area contributed by atoms with Crippen molar-refractivity contribution in [3.8, 4) is 5.75 Å². The van der Waals surface area contributed by atoms with Gasteiger partial charge in [0.25, 0.3) is 5.91 Å². The molecule has 8 heteroatoms. The van der Waals surface area contributed by atoms with E-state index in [4.69, 9.17) is 9.47 Å². The van der Waals surface area contributed by atoms with Crippen molar-refractivity contribution >= 4 is 17.5 Å². The lowest BCUT2D eigenvalue weighted by atomic mass is 9.88. The Morgan fingerprint density at radius 3 is 2.50 bits per heavy atom. The van der Waals surface area contributed by atoms with E-state index in [9.17, 15) is 14.7 Å². The monoisotopic (exact) mass is 607 g/mol. The Kier molecular flexibility index (Phi) is 13.1. The number of nitrogens with zero attached hydrogens (tertiary/aromatic N) is 2. The number of rotatable bonds is 8. The fourth-order valence-electron chi connectivity index (χ4n) is 6.34. The summed E-state index contributed by atoms with van der Waals surface area (Å²) in [6, 6.07) is 15.4. The first-order valence-electron chi connectivity index (χ1n) is 16.6. The van der Waals surface area contributed by atoms with Crippen molar-refractivity contribution in [1.29, 1.82) is 0 Å². The molecule has 4 rings (SSSR count). The summed E-state index contributed by atoms with van der Waals surface area (Å²) in [7, 11) is 2.10. The summed E-state index contributed by atoms with van der Waals surface area (Å²) in [6.07, 6.45) is 7.66. The Morgan fingerprint density at radius 1 is 1.05 bits per heavy atom. The third kappa shape index (κ3) is 9.78. The number of amides is 2. The number of likely N-dealkylation sites (N-methyl/N-ethyl adjacent to an activating group) is 1. The van der Waals surface area contributed by atoms with E-state index < -0.39 is 6.04 Å². The number of hydrogen-bond donors (Lipinski definition) is 2. The fraction of sp³-hybridized carbons (Fsp3) is 0.611. The number of ether oxygens (including phenoxy) is 2. The topological polar surface area (TPSA) is 91.3 Å². The number of anilines is 1. The van der Waals surface area contributed by atoms with Gasteiger partial charge >= 0.3 is 0 Å². The fourth-order valence-corrected chi connectivity index (χ4v) is 6.34. The van der Waals surface area contributed by atoms with Crippen LogP contribution in [-0.4, -0.2) is 78.3 Å². The summed E-state index contributed by atoms with van der Waals surface area (Å²) in [5.74, 6) is 0.317. The molecule has 1 aliphatic carbocycles. The zero-order valence-corrected chi connectivity index (χ0v) is 27.2. The van der Waals surface area contributed by atoms with E-state index in [1.54, 1.807) is 11.0 Å². The average Bonchev–Trinajstić information content (AvgIpc) is 3.03. The normalized spacial score (nSPS) is 23.4. The summed E-state index contributed by atoms with van der Waals surface area (Å²) >= 11 is 0. The second kappa shape index (κ2) is 16.9. The molecule has 0 saturated heterocycles. The minimum atomic E-state index is -0.411. The quantitative estimate of drug-likeness (QED) is 0.375. The Bertz CT molecular complexity index is 1190. The maximum atomic E-state index is 14.3. The molecule has 2 N–H and O–H groups in total. The van der Waals surface area contributed by atoms with E-state index in [1.807, 2.05) is 32.0 Å². The Morgan fingerprint density at radius 2 is 1.77 bits per heavy atom. The van der Waals surface area contributed by atoms with Crippen molar-refractivity contribution in [2.45, 2.75) is 96.9 Å². The highest BCUT2D eigenvalue weighted by molar-refractivity contribution is 6.00. The molecular formula is C36H53N3O5. The number of benzene rings is 2. The zero-order chi connectivity index (χ0) is 31.5. The molecule has 1 saturated carbocycles. The lowest BCUT2D eigenvalue weighted by Crippen LogP contribution is -2.47. The van der Waals surface area contributed by atoms with Crippen LogP contribution in [-0.2, 0) is 16.1 Å². The van der Waals surface area contributed by atoms with E-state index in [0.29, 0.717) is 30.2 Å². The summed E-state index contributed by atoms with van der Waals surface area (Å²) in [5, 5.41) is 13.3. The first-order chi connectivity index (χ1) is 21.2. The number of carbonyl (C=O) groups excluding carboxylic acids is 2. The van der Waals surface area contributed by atoms with Crippen LogP contribution in [0.5, 0.6) is 5.75 Å². The van der Waals surface area contributed by atoms with E-state index in [0.717, 1.165) is 58.0 Å². The van der Waals surface area contributed by atoms with E-state index in [1.165, 1.54) is 12.0 Å². The van der Waals surface area contributed by atoms with Gasteiger partial charge in [0.15, 0.2) is 0 Å². The standard InChI is InChI=1S/C36H53N3O5/c1-26-22-39(27(2)25-40)36(42)32-21-31(37-35(41)30-16-9-6-10-17-30)18-19-33(32)44-28(3)13-11-12-20-43-34(26)24-38(4)23-29-14-7-5-8-15-29/h5,7-8,14-15,18-19,21,26-28,30,34,40H,6,9-13,16-17,20,22-25H2,1-4H3,(H,37,41)/t26-,27-,28-,34+/m0/s1. The molecule has 44 heavy (non-hydrogen) atoms. The molecule has 242 valence electrons. The lowest BCUT2D eigenvalue weighted by Gasteiger charge is -2.36. The summed E-state index contributed by atoms with van der Waals surface area (Å²) in [6.45, 7) is 8.43. The van der Waals surface area contributed by atoms with Crippen LogP contribution in [0.15, 0.2) is 48.5 Å². The molecule has 1 aliphatic heterocycles. The molecule has 0 aromatic heterocycles. The number of carbonyl (C=O) groups is 2. The molecule has 2 amide bonds. The van der Waals surface area contributed by atoms with E-state index in [2.05, 4.69) is 48.5 Å². The largest absolute Gasteiger partial charge is 0.490 e. The average molecular weight is 608 g/mol. The number of nitrogens with one attached hydrogen (secondary N) is 1. The van der Waals surface area contributed by atoms with Crippen molar-refractivity contribution in [3.63, 3.8) is 0 Å². The molecule has 0 radical (unpaired) electrons. The molecule has 0 spiro atoms. The van der Waals surface area contributed by atoms with Crippen LogP contribution in [0.25, 0.3) is 0 Å². The van der Waals surface area contributed by atoms with Crippen molar-refractivity contribution in [2.24, 2.45) is 11.8 Å². The Hall–Kier alpha value is -2.94. The van der Waals surface area contributed by atoms with E-state index in [-0.39, 0.29) is 42.5 Å². The molecule has 2 aromatic rings. The van der Waals surface area contributed by atoms with Crippen LogP contribution in [0.2, 0.25) is 0 Å². The highest BCUT2D eigenvalue weighted by Gasteiger charge is 2.31. The molecule has 1 heterocycles. The minimum Gasteiger partial charge on any atom is -0.490 e. The van der Waals surface area contributed by atoms with Gasteiger partial charge in [-0.05, 0) is 76.8 Å². The van der Waals surface area contributed by atoms with Gasteiger partial charge in [-0.3, -0.25) is 14.5 Å². The third-order valence-corrected chi connectivity index (χ3v) is 9.08. The molecule has 0 unspecified atom stereocenters. The van der Waals surface area contributed by atoms with E-state index >= 15 is 0 Å². The Labute approximate surface area is 264 Å². The third-order valence-electron chi connectivity index (χ3n) is 9.08. The summed E-state index contributed by atoms with van der Waals surface area (Å²) in [5.41, 5.74) is 2.24. The van der Waals surface area contributed by atoms with Crippen molar-refractivity contribution in [2.75, 3.05) is 38.7 Å². The second-order valence-electron chi connectivity index (χ2n) is 13.0. The predicted molar refractivity (Wildman–Crippen MR) is 175 cm³/mol. The van der Waals surface area contributed by atoms with Gasteiger partial charge in [-0.25, -0.2) is 0 Å². The molecule has 8 nitrogen and oxygen atoms in total. The highest BCUT2D eigenvalue weighted by atomic mass is 16.5. The van der Waals surface area contributed by atoms with Crippen LogP contribution in [0.3, 0.4) is 0 Å². The van der Waals surface area contributed by atoms with Gasteiger partial charge in [-0.1, -0.05) is 56.5 Å². The zero-order valence-electron chi connectivity index (χ0n) is 27.2. The van der Waals surface area contributed by atoms with Gasteiger partial charge in [0, 0.05) is 43.8 Å². The number of hydrogen-bond acceptors (Lipinski definition) is 6. The lowest BCUT2D eigenvalue weighted by molar-refractivity contribution is -0.120. The van der Waals surface area contributed by atoms with Crippen LogP contribution < -0.4 is 10.1 Å². The van der Waals surface area contributed by atoms with Gasteiger partial charge < -0.3 is 24.8 Å². The first-order valence-corrected chi connectivity index (χ1v) is 16.6. The van der Waals surface area contributed by atoms with Gasteiger partial charge in [0.1, 0.15) is 5.75 Å². The maximum Gasteiger partial charge on any atom is 0.258 e. The molecule has 1 fully saturated rings. The highest BCUT2D eigenvalue weighted by Crippen LogP contribution is 2.30. The van der Waals surface area contributed by atoms with Gasteiger partial charge in [0.05, 0.1) is 30.4 Å². The van der Waals surface area contributed by atoms with Crippen LogP contribution in [0.4, 0.5) is 5.69 Å². The predicted octanol–water partition coefficient (Wildman–Crippen LogP) is 6.13. The molecular weight excluding hydrogens is 554 g/mol. The molecule has 2 aromatic carbocycles. The molecule has 4 atom stereocenters. The maximum absolute atomic E-state index is 14.3. The smallest absolute Gasteiger partial charge is 0.258 e. The molecule has 0 bridgehead atoms. The van der Waals surface area contributed by atoms with Gasteiger partial charge in [-0.15, -0.1) is 0 Å². The molecule has 2 aliphatic rings. The van der Waals surface area contributed by atoms with Crippen LogP contribution in [0.1, 0.15) is 88.1 Å². The van der Waals surface area contributed by atoms with Crippen LogP contribution in [0, 0.1) is 11.8 Å². The SMILES string of the molecule is C[C@H]1CCCCO[C@H](CN(C)Cc2ccccc2)[C@@H](C)CN([C@@H](C)CO)C(=O)c2cc(NC(=O)C3CCCCC3)ccc2O1. The first kappa shape index (κ1) is 33.9. The number of fused-ring (bicyclic) bond motifs is 1. The number of aliphatic hydroxyl groups is 1. The van der Waals surface area contributed by atoms with Crippen molar-refractivity contribution in [1.82, 2.24) is 9.80 Å². The number of aliphatic hydroxyl groups excluding tert-OH is 1. The van der Waals surface area contributed by atoms with Crippen molar-refractivity contribution in [3.05, 3.63) is 59.7 Å². The summed E-state index contributed by atoms with van der Waals surface area (Å²) < 4.78 is 12.8. The minimum absolute atomic E-state index is 0.00610. The van der Waals surface area contributed by atoms with Crippen molar-refractivity contribution < 1.29 is 24.2 Å². The second-order valence-corrected chi connectivity index (χ2v) is 13.0. The van der Waals surface area contributed by atoms with Gasteiger partial charge in [0.2, 0.25) is 5.91 Å². The summed E-state index contributed by atoms with van der Waals surface area (Å²) in [4.78, 5) is 31.4. The van der Waals surface area contributed by atoms with Gasteiger partial charge in [-0.2, -0.15) is 0 Å². The van der Waals surface area contributed by atoms with Crippen LogP contribution >= 0.6 is 0 Å². The Balaban J connectivity index is 1.59.